The van der Waals surface area contributed by atoms with Gasteiger partial charge in [0.1, 0.15) is 11.9 Å². The van der Waals surface area contributed by atoms with Crippen LogP contribution in [0.25, 0.3) is 0 Å². The number of nitrogens with one attached hydrogen (secondary N) is 1. The number of carbonyl (C=O) groups is 1. The third kappa shape index (κ3) is 3.26. The number of nitrogens with zero attached hydrogens (tertiary/aromatic N) is 3. The number of hydrogen-bond acceptors (Lipinski definition) is 4. The molecule has 130 valence electrons. The maximum atomic E-state index is 12.8. The lowest BCUT2D eigenvalue weighted by atomic mass is 10.1. The third-order valence-electron chi connectivity index (χ3n) is 4.75. The van der Waals surface area contributed by atoms with Gasteiger partial charge in [-0.05, 0) is 35.9 Å². The monoisotopic (exact) mass is 376 g/mol. The Balaban J connectivity index is 1.38. The molecule has 1 saturated heterocycles. The molecule has 5 nitrogen and oxygen atoms in total. The van der Waals surface area contributed by atoms with E-state index in [0.717, 1.165) is 30.2 Å². The van der Waals surface area contributed by atoms with Crippen LogP contribution in [0.15, 0.2) is 36.5 Å². The Labute approximate surface area is 156 Å². The summed E-state index contributed by atoms with van der Waals surface area (Å²) in [5, 5.41) is 4.66. The van der Waals surface area contributed by atoms with Crippen molar-refractivity contribution >= 4 is 40.6 Å². The van der Waals surface area contributed by atoms with Crippen LogP contribution in [0, 0.1) is 0 Å². The summed E-state index contributed by atoms with van der Waals surface area (Å²) in [5.74, 6) is 0.927. The summed E-state index contributed by atoms with van der Waals surface area (Å²) in [5.41, 5.74) is 2.10. The zero-order chi connectivity index (χ0) is 17.4. The fourth-order valence-corrected chi connectivity index (χ4v) is 3.88. The fraction of sp³-hybridized carbons (Fsp3) is 0.333. The largest absolute Gasteiger partial charge is 0.373 e. The second kappa shape index (κ2) is 6.73. The van der Waals surface area contributed by atoms with E-state index in [1.165, 1.54) is 0 Å². The molecule has 0 aliphatic carbocycles. The predicted octanol–water partition coefficient (Wildman–Crippen LogP) is 3.07. The third-order valence-corrected chi connectivity index (χ3v) is 5.28. The first kappa shape index (κ1) is 16.5. The van der Waals surface area contributed by atoms with Gasteiger partial charge in [-0.3, -0.25) is 4.79 Å². The lowest BCUT2D eigenvalue weighted by Gasteiger charge is -2.36. The van der Waals surface area contributed by atoms with E-state index in [-0.39, 0.29) is 11.9 Å². The summed E-state index contributed by atoms with van der Waals surface area (Å²) in [6.07, 6.45) is 2.42. The highest BCUT2D eigenvalue weighted by molar-refractivity contribution is 6.33. The van der Waals surface area contributed by atoms with E-state index in [2.05, 4.69) is 15.2 Å². The molecule has 0 bridgehead atoms. The molecule has 0 radical (unpaired) electrons. The van der Waals surface area contributed by atoms with Gasteiger partial charge in [0, 0.05) is 49.5 Å². The molecule has 1 amide bonds. The van der Waals surface area contributed by atoms with Crippen molar-refractivity contribution in [2.45, 2.75) is 12.5 Å². The van der Waals surface area contributed by atoms with Crippen LogP contribution in [-0.2, 0) is 11.2 Å². The molecule has 1 fully saturated rings. The molecule has 2 aromatic rings. The van der Waals surface area contributed by atoms with Crippen molar-refractivity contribution in [3.8, 4) is 0 Å². The van der Waals surface area contributed by atoms with Crippen LogP contribution in [-0.4, -0.2) is 48.0 Å². The van der Waals surface area contributed by atoms with Gasteiger partial charge >= 0.3 is 0 Å². The van der Waals surface area contributed by atoms with Gasteiger partial charge in [0.05, 0.1) is 5.02 Å². The van der Waals surface area contributed by atoms with Crippen LogP contribution >= 0.6 is 23.2 Å². The fourth-order valence-electron chi connectivity index (χ4n) is 3.45. The molecule has 1 aromatic carbocycles. The number of fused-ring (bicyclic) bond motifs is 1. The molecule has 1 aromatic heterocycles. The summed E-state index contributed by atoms with van der Waals surface area (Å²) in [4.78, 5) is 21.2. The Bertz CT molecular complexity index is 805. The molecule has 1 atom stereocenters. The van der Waals surface area contributed by atoms with Gasteiger partial charge < -0.3 is 15.1 Å². The summed E-state index contributed by atoms with van der Waals surface area (Å²) in [7, 11) is 0. The minimum absolute atomic E-state index is 0.138. The average molecular weight is 377 g/mol. The van der Waals surface area contributed by atoms with Crippen LogP contribution in [0.2, 0.25) is 10.0 Å². The molecule has 3 heterocycles. The van der Waals surface area contributed by atoms with E-state index >= 15 is 0 Å². The molecule has 1 unspecified atom stereocenters. The Morgan fingerprint density at radius 1 is 1.16 bits per heavy atom. The Morgan fingerprint density at radius 3 is 2.72 bits per heavy atom. The molecule has 2 aliphatic heterocycles. The highest BCUT2D eigenvalue weighted by atomic mass is 35.5. The van der Waals surface area contributed by atoms with Crippen molar-refractivity contribution in [1.29, 1.82) is 0 Å². The number of anilines is 2. The van der Waals surface area contributed by atoms with Gasteiger partial charge in [0.25, 0.3) is 0 Å². The standard InChI is InChI=1S/C18H18Cl2N4O/c19-13-3-4-15-12(10-13)11-16(22-15)18(25)24-8-6-23(7-9-24)17-14(20)2-1-5-21-17/h1-5,10,16,22H,6-9,11H2. The number of piperazine rings is 1. The quantitative estimate of drug-likeness (QED) is 0.874. The maximum Gasteiger partial charge on any atom is 0.245 e. The molecular formula is C18H18Cl2N4O. The van der Waals surface area contributed by atoms with E-state index in [4.69, 9.17) is 23.2 Å². The van der Waals surface area contributed by atoms with E-state index in [0.29, 0.717) is 29.6 Å². The van der Waals surface area contributed by atoms with E-state index in [9.17, 15) is 4.79 Å². The molecular weight excluding hydrogens is 359 g/mol. The zero-order valence-corrected chi connectivity index (χ0v) is 15.1. The number of halogens is 2. The Hall–Kier alpha value is -1.98. The van der Waals surface area contributed by atoms with Crippen molar-refractivity contribution in [1.82, 2.24) is 9.88 Å². The lowest BCUT2D eigenvalue weighted by Crippen LogP contribution is -2.52. The highest BCUT2D eigenvalue weighted by Crippen LogP contribution is 2.29. The number of pyridine rings is 1. The summed E-state index contributed by atoms with van der Waals surface area (Å²) < 4.78 is 0. The van der Waals surface area contributed by atoms with Crippen molar-refractivity contribution in [2.75, 3.05) is 36.4 Å². The van der Waals surface area contributed by atoms with Gasteiger partial charge in [-0.2, -0.15) is 0 Å². The second-order valence-corrected chi connectivity index (χ2v) is 7.17. The van der Waals surface area contributed by atoms with E-state index in [1.54, 1.807) is 6.20 Å². The van der Waals surface area contributed by atoms with Crippen molar-refractivity contribution in [3.63, 3.8) is 0 Å². The van der Waals surface area contributed by atoms with Crippen molar-refractivity contribution in [2.24, 2.45) is 0 Å². The second-order valence-electron chi connectivity index (χ2n) is 6.32. The van der Waals surface area contributed by atoms with Crippen LogP contribution in [0.1, 0.15) is 5.56 Å². The summed E-state index contributed by atoms with van der Waals surface area (Å²) >= 11 is 12.3. The van der Waals surface area contributed by atoms with Crippen LogP contribution in [0.5, 0.6) is 0 Å². The number of hydrogen-bond donors (Lipinski definition) is 1. The molecule has 7 heteroatoms. The minimum atomic E-state index is -0.210. The first-order valence-corrected chi connectivity index (χ1v) is 9.06. The van der Waals surface area contributed by atoms with Crippen molar-refractivity contribution < 1.29 is 4.79 Å². The molecule has 2 aliphatic rings. The van der Waals surface area contributed by atoms with Gasteiger partial charge in [-0.25, -0.2) is 4.98 Å². The molecule has 0 spiro atoms. The molecule has 4 rings (SSSR count). The first-order chi connectivity index (χ1) is 12.1. The van der Waals surface area contributed by atoms with Crippen molar-refractivity contribution in [3.05, 3.63) is 52.1 Å². The Kier molecular flexibility index (Phi) is 4.44. The summed E-state index contributed by atoms with van der Waals surface area (Å²) in [6.45, 7) is 2.80. The SMILES string of the molecule is O=C(C1Cc2cc(Cl)ccc2N1)N1CCN(c2ncccc2Cl)CC1. The molecule has 1 N–H and O–H groups in total. The van der Waals surface area contributed by atoms with Crippen LogP contribution in [0.3, 0.4) is 0 Å². The molecule has 0 saturated carbocycles. The first-order valence-electron chi connectivity index (χ1n) is 8.31. The number of amides is 1. The van der Waals surface area contributed by atoms with Gasteiger partial charge in [-0.1, -0.05) is 23.2 Å². The van der Waals surface area contributed by atoms with Gasteiger partial charge in [0.15, 0.2) is 0 Å². The summed E-state index contributed by atoms with van der Waals surface area (Å²) in [6, 6.07) is 9.16. The maximum absolute atomic E-state index is 12.8. The van der Waals surface area contributed by atoms with E-state index in [1.807, 2.05) is 35.2 Å². The van der Waals surface area contributed by atoms with E-state index < -0.39 is 0 Å². The number of carbonyl (C=O) groups excluding carboxylic acids is 1. The topological polar surface area (TPSA) is 48.5 Å². The zero-order valence-electron chi connectivity index (χ0n) is 13.6. The number of benzene rings is 1. The minimum Gasteiger partial charge on any atom is -0.373 e. The van der Waals surface area contributed by atoms with Crippen LogP contribution < -0.4 is 10.2 Å². The molecule has 25 heavy (non-hydrogen) atoms. The average Bonchev–Trinajstić information content (AvgIpc) is 3.05. The smallest absolute Gasteiger partial charge is 0.245 e. The lowest BCUT2D eigenvalue weighted by molar-refractivity contribution is -0.132. The highest BCUT2D eigenvalue weighted by Gasteiger charge is 2.32. The number of rotatable bonds is 2. The van der Waals surface area contributed by atoms with Gasteiger partial charge in [0.2, 0.25) is 5.91 Å². The Morgan fingerprint density at radius 2 is 1.96 bits per heavy atom. The van der Waals surface area contributed by atoms with Gasteiger partial charge in [-0.15, -0.1) is 0 Å². The van der Waals surface area contributed by atoms with Crippen LogP contribution in [0.4, 0.5) is 11.5 Å². The predicted molar refractivity (Wildman–Crippen MR) is 101 cm³/mol. The number of aromatic nitrogens is 1. The normalized spacial score (nSPS) is 19.5.